The topological polar surface area (TPSA) is 27.8 Å². The molecule has 0 amide bonds. The van der Waals surface area contributed by atoms with Crippen LogP contribution in [0.25, 0.3) is 10.9 Å². The van der Waals surface area contributed by atoms with Crippen molar-refractivity contribution in [2.45, 2.75) is 12.0 Å². The highest BCUT2D eigenvalue weighted by Gasteiger charge is 2.33. The lowest BCUT2D eigenvalue weighted by Crippen LogP contribution is -2.34. The summed E-state index contributed by atoms with van der Waals surface area (Å²) in [6.45, 7) is 0.825. The maximum Gasteiger partial charge on any atom is 0.0732 e. The van der Waals surface area contributed by atoms with Crippen LogP contribution in [0, 0.1) is 0 Å². The fraction of sp³-hybridized carbons (Fsp3) is 0.130. The van der Waals surface area contributed by atoms with Crippen LogP contribution in [0.2, 0.25) is 10.0 Å². The fourth-order valence-corrected chi connectivity index (χ4v) is 4.58. The first-order valence-corrected chi connectivity index (χ1v) is 9.82. The summed E-state index contributed by atoms with van der Waals surface area (Å²) < 4.78 is 0. The molecule has 1 aliphatic heterocycles. The molecule has 1 aromatic heterocycles. The maximum atomic E-state index is 6.56. The zero-order valence-electron chi connectivity index (χ0n) is 14.5. The van der Waals surface area contributed by atoms with Crippen LogP contribution >= 0.6 is 23.2 Å². The van der Waals surface area contributed by atoms with E-state index in [4.69, 9.17) is 23.2 Å². The number of fused-ring (bicyclic) bond motifs is 3. The summed E-state index contributed by atoms with van der Waals surface area (Å²) in [5.41, 5.74) is 6.05. The van der Waals surface area contributed by atoms with E-state index in [1.807, 2.05) is 24.3 Å². The molecular formula is C23H18Cl2N2. The molecule has 0 unspecified atom stereocenters. The Morgan fingerprint density at radius 2 is 1.56 bits per heavy atom. The minimum atomic E-state index is 0.100. The molecule has 2 heterocycles. The van der Waals surface area contributed by atoms with Crippen molar-refractivity contribution in [3.8, 4) is 0 Å². The summed E-state index contributed by atoms with van der Waals surface area (Å²) in [7, 11) is 0. The molecule has 134 valence electrons. The van der Waals surface area contributed by atoms with E-state index in [2.05, 4.69) is 58.8 Å². The van der Waals surface area contributed by atoms with Gasteiger partial charge in [-0.25, -0.2) is 0 Å². The Hall–Kier alpha value is -2.26. The zero-order valence-corrected chi connectivity index (χ0v) is 16.1. The third-order valence-electron chi connectivity index (χ3n) is 5.42. The first-order chi connectivity index (χ1) is 13.2. The first kappa shape index (κ1) is 16.9. The van der Waals surface area contributed by atoms with E-state index in [0.29, 0.717) is 0 Å². The molecule has 2 nitrogen and oxygen atoms in total. The van der Waals surface area contributed by atoms with E-state index in [-0.39, 0.29) is 12.0 Å². The molecule has 0 saturated heterocycles. The SMILES string of the molecule is Clc1ccc([C@H]2NC[C@@H](c3ccccc3Cl)c3c2[nH]c2ccccc32)cc1. The molecule has 4 heteroatoms. The summed E-state index contributed by atoms with van der Waals surface area (Å²) in [4.78, 5) is 3.66. The number of halogens is 2. The van der Waals surface area contributed by atoms with Crippen LogP contribution < -0.4 is 5.32 Å². The van der Waals surface area contributed by atoms with Gasteiger partial charge in [-0.2, -0.15) is 0 Å². The Morgan fingerprint density at radius 3 is 2.37 bits per heavy atom. The highest BCUT2D eigenvalue weighted by molar-refractivity contribution is 6.31. The average Bonchev–Trinajstić information content (AvgIpc) is 3.08. The Kier molecular flexibility index (Phi) is 4.20. The zero-order chi connectivity index (χ0) is 18.4. The smallest absolute Gasteiger partial charge is 0.0732 e. The predicted molar refractivity (Wildman–Crippen MR) is 113 cm³/mol. The number of H-pyrrole nitrogens is 1. The van der Waals surface area contributed by atoms with Gasteiger partial charge in [0, 0.05) is 39.1 Å². The van der Waals surface area contributed by atoms with Crippen LogP contribution in [-0.4, -0.2) is 11.5 Å². The fourth-order valence-electron chi connectivity index (χ4n) is 4.19. The molecule has 0 spiro atoms. The van der Waals surface area contributed by atoms with E-state index in [0.717, 1.165) is 27.7 Å². The average molecular weight is 393 g/mol. The minimum absolute atomic E-state index is 0.100. The third-order valence-corrected chi connectivity index (χ3v) is 6.02. The maximum absolute atomic E-state index is 6.56. The number of para-hydroxylation sites is 1. The van der Waals surface area contributed by atoms with Crippen molar-refractivity contribution in [2.24, 2.45) is 0 Å². The predicted octanol–water partition coefficient (Wildman–Crippen LogP) is 6.30. The van der Waals surface area contributed by atoms with E-state index in [1.165, 1.54) is 22.2 Å². The minimum Gasteiger partial charge on any atom is -0.357 e. The van der Waals surface area contributed by atoms with Gasteiger partial charge in [-0.3, -0.25) is 0 Å². The number of nitrogens with one attached hydrogen (secondary N) is 2. The lowest BCUT2D eigenvalue weighted by molar-refractivity contribution is 0.525. The Balaban J connectivity index is 1.72. The molecule has 0 aliphatic carbocycles. The van der Waals surface area contributed by atoms with Crippen LogP contribution in [0.5, 0.6) is 0 Å². The highest BCUT2D eigenvalue weighted by Crippen LogP contribution is 2.43. The summed E-state index contributed by atoms with van der Waals surface area (Å²) in [6.07, 6.45) is 0. The molecule has 0 saturated carbocycles. The largest absolute Gasteiger partial charge is 0.357 e. The molecule has 0 fully saturated rings. The Bertz CT molecular complexity index is 1110. The van der Waals surface area contributed by atoms with Gasteiger partial charge in [0.15, 0.2) is 0 Å². The Labute approximate surface area is 168 Å². The van der Waals surface area contributed by atoms with Gasteiger partial charge in [0.2, 0.25) is 0 Å². The van der Waals surface area contributed by atoms with Crippen molar-refractivity contribution in [3.05, 3.63) is 105 Å². The van der Waals surface area contributed by atoms with E-state index in [1.54, 1.807) is 0 Å². The molecule has 5 rings (SSSR count). The van der Waals surface area contributed by atoms with Gasteiger partial charge in [-0.1, -0.05) is 71.7 Å². The van der Waals surface area contributed by atoms with Gasteiger partial charge in [0.1, 0.15) is 0 Å². The van der Waals surface area contributed by atoms with Gasteiger partial charge in [-0.15, -0.1) is 0 Å². The molecule has 27 heavy (non-hydrogen) atoms. The second-order valence-corrected chi connectivity index (χ2v) is 7.81. The number of hydrogen-bond acceptors (Lipinski definition) is 1. The Morgan fingerprint density at radius 1 is 0.815 bits per heavy atom. The van der Waals surface area contributed by atoms with Crippen molar-refractivity contribution in [1.29, 1.82) is 0 Å². The molecule has 1 aliphatic rings. The summed E-state index contributed by atoms with van der Waals surface area (Å²) >= 11 is 12.7. The van der Waals surface area contributed by atoms with Crippen molar-refractivity contribution >= 4 is 34.1 Å². The van der Waals surface area contributed by atoms with Crippen LogP contribution in [-0.2, 0) is 0 Å². The van der Waals surface area contributed by atoms with E-state index < -0.39 is 0 Å². The van der Waals surface area contributed by atoms with Gasteiger partial charge >= 0.3 is 0 Å². The van der Waals surface area contributed by atoms with Crippen molar-refractivity contribution < 1.29 is 0 Å². The summed E-state index contributed by atoms with van der Waals surface area (Å²) in [5.74, 6) is 0.202. The molecule has 4 aromatic rings. The quantitative estimate of drug-likeness (QED) is 0.411. The molecule has 3 aromatic carbocycles. The van der Waals surface area contributed by atoms with Crippen LogP contribution in [0.3, 0.4) is 0 Å². The molecule has 0 radical (unpaired) electrons. The highest BCUT2D eigenvalue weighted by atomic mass is 35.5. The molecule has 2 N–H and O–H groups in total. The standard InChI is InChI=1S/C23H18Cl2N2/c24-15-11-9-14(10-12-15)22-23-21(17-6-2-4-8-20(17)27-23)18(13-26-22)16-5-1-3-7-19(16)25/h1-12,18,22,26-27H,13H2/t18-,22+/m0/s1. The lowest BCUT2D eigenvalue weighted by Gasteiger charge is -2.31. The van der Waals surface area contributed by atoms with Crippen molar-refractivity contribution in [3.63, 3.8) is 0 Å². The second kappa shape index (κ2) is 6.72. The number of hydrogen-bond donors (Lipinski definition) is 2. The molecular weight excluding hydrogens is 375 g/mol. The number of benzene rings is 3. The molecule has 2 atom stereocenters. The number of aromatic amines is 1. The molecule has 0 bridgehead atoms. The monoisotopic (exact) mass is 392 g/mol. The van der Waals surface area contributed by atoms with Crippen LogP contribution in [0.15, 0.2) is 72.8 Å². The second-order valence-electron chi connectivity index (χ2n) is 6.96. The number of rotatable bonds is 2. The van der Waals surface area contributed by atoms with Gasteiger partial charge in [0.05, 0.1) is 6.04 Å². The van der Waals surface area contributed by atoms with Crippen LogP contribution in [0.1, 0.15) is 34.3 Å². The van der Waals surface area contributed by atoms with Gasteiger partial charge in [0.25, 0.3) is 0 Å². The summed E-state index contributed by atoms with van der Waals surface area (Å²) in [6, 6.07) is 24.8. The van der Waals surface area contributed by atoms with E-state index in [9.17, 15) is 0 Å². The normalized spacial score (nSPS) is 19.2. The summed E-state index contributed by atoms with van der Waals surface area (Å²) in [5, 5.41) is 6.54. The van der Waals surface area contributed by atoms with Gasteiger partial charge in [-0.05, 0) is 41.0 Å². The lowest BCUT2D eigenvalue weighted by atomic mass is 9.83. The van der Waals surface area contributed by atoms with Crippen molar-refractivity contribution in [1.82, 2.24) is 10.3 Å². The number of aromatic nitrogens is 1. The van der Waals surface area contributed by atoms with Crippen molar-refractivity contribution in [2.75, 3.05) is 6.54 Å². The third kappa shape index (κ3) is 2.85. The first-order valence-electron chi connectivity index (χ1n) is 9.06. The van der Waals surface area contributed by atoms with Gasteiger partial charge < -0.3 is 10.3 Å². The van der Waals surface area contributed by atoms with E-state index >= 15 is 0 Å². The van der Waals surface area contributed by atoms with Crippen LogP contribution in [0.4, 0.5) is 0 Å².